The van der Waals surface area contributed by atoms with E-state index < -0.39 is 10.0 Å². The van der Waals surface area contributed by atoms with Crippen LogP contribution in [0.2, 0.25) is 0 Å². The summed E-state index contributed by atoms with van der Waals surface area (Å²) < 4.78 is 33.3. The number of aryl methyl sites for hydroxylation is 2. The third-order valence-corrected chi connectivity index (χ3v) is 7.71. The first-order valence-corrected chi connectivity index (χ1v) is 11.7. The van der Waals surface area contributed by atoms with Crippen LogP contribution in [-0.2, 0) is 14.8 Å². The number of ether oxygens (including phenoxy) is 1. The lowest BCUT2D eigenvalue weighted by molar-refractivity contribution is -0.133. The molecule has 0 saturated carbocycles. The van der Waals surface area contributed by atoms with Gasteiger partial charge < -0.3 is 9.64 Å². The predicted octanol–water partition coefficient (Wildman–Crippen LogP) is 2.48. The third kappa shape index (κ3) is 4.42. The van der Waals surface area contributed by atoms with Crippen LogP contribution in [0.4, 0.5) is 0 Å². The van der Waals surface area contributed by atoms with Crippen LogP contribution in [0.3, 0.4) is 0 Å². The van der Waals surface area contributed by atoms with Gasteiger partial charge in [0.1, 0.15) is 10.6 Å². The molecule has 1 saturated heterocycles. The Morgan fingerprint density at radius 2 is 1.84 bits per heavy atom. The maximum atomic E-state index is 13.1. The van der Waals surface area contributed by atoms with Crippen LogP contribution in [0.15, 0.2) is 47.4 Å². The zero-order chi connectivity index (χ0) is 22.0. The molecule has 31 heavy (non-hydrogen) atoms. The van der Waals surface area contributed by atoms with Gasteiger partial charge in [0, 0.05) is 26.2 Å². The molecule has 1 amide bonds. The molecule has 0 bridgehead atoms. The molecule has 1 aliphatic heterocycles. The van der Waals surface area contributed by atoms with Gasteiger partial charge in [-0.05, 0) is 43.2 Å². The highest BCUT2D eigenvalue weighted by molar-refractivity contribution is 7.89. The molecule has 2 aromatic carbocycles. The first-order valence-electron chi connectivity index (χ1n) is 10.3. The van der Waals surface area contributed by atoms with Crippen molar-refractivity contribution in [1.82, 2.24) is 19.4 Å². The maximum Gasteiger partial charge on any atom is 0.260 e. The van der Waals surface area contributed by atoms with Crippen LogP contribution < -0.4 is 4.74 Å². The number of nitrogens with one attached hydrogen (secondary N) is 1. The van der Waals surface area contributed by atoms with Crippen LogP contribution in [0.5, 0.6) is 5.75 Å². The van der Waals surface area contributed by atoms with E-state index in [0.717, 1.165) is 10.8 Å². The highest BCUT2D eigenvalue weighted by Gasteiger charge is 2.31. The van der Waals surface area contributed by atoms with Gasteiger partial charge in [0.05, 0.1) is 11.4 Å². The Morgan fingerprint density at radius 3 is 2.58 bits per heavy atom. The molecule has 0 aliphatic carbocycles. The van der Waals surface area contributed by atoms with Gasteiger partial charge in [-0.15, -0.1) is 0 Å². The molecule has 0 unspecified atom stereocenters. The van der Waals surface area contributed by atoms with Gasteiger partial charge in [-0.3, -0.25) is 9.89 Å². The molecule has 8 nitrogen and oxygen atoms in total. The average molecular weight is 443 g/mol. The zero-order valence-electron chi connectivity index (χ0n) is 17.7. The molecule has 1 N–H and O–H groups in total. The number of hydrogen-bond donors (Lipinski definition) is 1. The average Bonchev–Trinajstić information content (AvgIpc) is 2.95. The van der Waals surface area contributed by atoms with Gasteiger partial charge in [-0.1, -0.05) is 30.3 Å². The minimum atomic E-state index is -3.66. The van der Waals surface area contributed by atoms with E-state index in [4.69, 9.17) is 4.74 Å². The van der Waals surface area contributed by atoms with Crippen molar-refractivity contribution < 1.29 is 17.9 Å². The Bertz CT molecular complexity index is 1190. The molecule has 1 fully saturated rings. The van der Waals surface area contributed by atoms with E-state index in [-0.39, 0.29) is 24.0 Å². The summed E-state index contributed by atoms with van der Waals surface area (Å²) in [7, 11) is -3.66. The van der Waals surface area contributed by atoms with Crippen molar-refractivity contribution in [3.05, 3.63) is 53.9 Å². The SMILES string of the molecule is Cc1n[nH]c(C)c1S(=O)(=O)N1CCCN(C(=O)COc2ccc3ccccc3c2)CC1. The molecule has 0 spiro atoms. The van der Waals surface area contributed by atoms with Gasteiger partial charge in [-0.2, -0.15) is 9.40 Å². The number of benzene rings is 2. The topological polar surface area (TPSA) is 95.6 Å². The lowest BCUT2D eigenvalue weighted by atomic mass is 10.1. The number of sulfonamides is 1. The summed E-state index contributed by atoms with van der Waals surface area (Å²) >= 11 is 0. The van der Waals surface area contributed by atoms with E-state index in [9.17, 15) is 13.2 Å². The Kier molecular flexibility index (Phi) is 5.97. The molecule has 3 aromatic rings. The highest BCUT2D eigenvalue weighted by Crippen LogP contribution is 2.23. The number of H-pyrrole nitrogens is 1. The van der Waals surface area contributed by atoms with Crippen LogP contribution in [-0.4, -0.2) is 66.5 Å². The molecule has 4 rings (SSSR count). The van der Waals surface area contributed by atoms with Crippen LogP contribution in [0, 0.1) is 13.8 Å². The number of rotatable bonds is 5. The van der Waals surface area contributed by atoms with Gasteiger partial charge in [0.2, 0.25) is 10.0 Å². The van der Waals surface area contributed by atoms with Crippen molar-refractivity contribution in [2.24, 2.45) is 0 Å². The standard InChI is InChI=1S/C22H26N4O4S/c1-16-22(17(2)24-23-16)31(28,29)26-11-5-10-25(12-13-26)21(27)15-30-20-9-8-18-6-3-4-7-19(18)14-20/h3-4,6-9,14H,5,10-13,15H2,1-2H3,(H,23,24). The van der Waals surface area contributed by atoms with Gasteiger partial charge in [0.15, 0.2) is 6.61 Å². The summed E-state index contributed by atoms with van der Waals surface area (Å²) in [4.78, 5) is 14.6. The monoisotopic (exact) mass is 442 g/mol. The molecule has 0 atom stereocenters. The quantitative estimate of drug-likeness (QED) is 0.655. The fraction of sp³-hybridized carbons (Fsp3) is 0.364. The van der Waals surface area contributed by atoms with Crippen molar-refractivity contribution in [3.63, 3.8) is 0 Å². The van der Waals surface area contributed by atoms with E-state index in [2.05, 4.69) is 10.2 Å². The van der Waals surface area contributed by atoms with Crippen LogP contribution >= 0.6 is 0 Å². The van der Waals surface area contributed by atoms with E-state index >= 15 is 0 Å². The van der Waals surface area contributed by atoms with E-state index in [1.165, 1.54) is 4.31 Å². The first kappa shape index (κ1) is 21.3. The first-order chi connectivity index (χ1) is 14.9. The largest absolute Gasteiger partial charge is 0.484 e. The number of nitrogens with zero attached hydrogens (tertiary/aromatic N) is 3. The van der Waals surface area contributed by atoms with Crippen molar-refractivity contribution in [3.8, 4) is 5.75 Å². The van der Waals surface area contributed by atoms with Crippen LogP contribution in [0.25, 0.3) is 10.8 Å². The smallest absolute Gasteiger partial charge is 0.260 e. The van der Waals surface area contributed by atoms with Crippen molar-refractivity contribution >= 4 is 26.7 Å². The van der Waals surface area contributed by atoms with Gasteiger partial charge in [0.25, 0.3) is 5.91 Å². The summed E-state index contributed by atoms with van der Waals surface area (Å²) in [6.07, 6.45) is 0.566. The minimum absolute atomic E-state index is 0.0783. The zero-order valence-corrected chi connectivity index (χ0v) is 18.5. The normalized spacial score (nSPS) is 15.7. The second-order valence-corrected chi connectivity index (χ2v) is 9.57. The fourth-order valence-corrected chi connectivity index (χ4v) is 5.73. The lowest BCUT2D eigenvalue weighted by Gasteiger charge is -2.22. The predicted molar refractivity (Wildman–Crippen MR) is 117 cm³/mol. The van der Waals surface area contributed by atoms with Crippen LogP contribution in [0.1, 0.15) is 17.8 Å². The van der Waals surface area contributed by atoms with Gasteiger partial charge in [-0.25, -0.2) is 8.42 Å². The second-order valence-electron chi connectivity index (χ2n) is 7.70. The molecule has 1 aromatic heterocycles. The Labute approximate surface area is 181 Å². The molecular formula is C22H26N4O4S. The third-order valence-electron chi connectivity index (χ3n) is 5.55. The number of carbonyl (C=O) groups is 1. The van der Waals surface area contributed by atoms with Crippen molar-refractivity contribution in [2.75, 3.05) is 32.8 Å². The summed E-state index contributed by atoms with van der Waals surface area (Å²) in [6.45, 7) is 4.73. The Morgan fingerprint density at radius 1 is 1.06 bits per heavy atom. The summed E-state index contributed by atoms with van der Waals surface area (Å²) in [5.74, 6) is 0.486. The number of hydrogen-bond acceptors (Lipinski definition) is 5. The molecule has 0 radical (unpaired) electrons. The van der Waals surface area contributed by atoms with Crippen molar-refractivity contribution in [1.29, 1.82) is 0 Å². The highest BCUT2D eigenvalue weighted by atomic mass is 32.2. The molecule has 164 valence electrons. The molecule has 1 aliphatic rings. The lowest BCUT2D eigenvalue weighted by Crippen LogP contribution is -2.39. The molecule has 9 heteroatoms. The van der Waals surface area contributed by atoms with E-state index in [1.54, 1.807) is 18.7 Å². The number of fused-ring (bicyclic) bond motifs is 1. The number of aromatic amines is 1. The number of carbonyl (C=O) groups excluding carboxylic acids is 1. The van der Waals surface area contributed by atoms with E-state index in [0.29, 0.717) is 43.2 Å². The molecular weight excluding hydrogens is 416 g/mol. The Hall–Kier alpha value is -2.91. The molecule has 2 heterocycles. The summed E-state index contributed by atoms with van der Waals surface area (Å²) in [5.41, 5.74) is 0.983. The fourth-order valence-electron chi connectivity index (χ4n) is 3.93. The Balaban J connectivity index is 1.38. The summed E-state index contributed by atoms with van der Waals surface area (Å²) in [6, 6.07) is 13.7. The number of aromatic nitrogens is 2. The minimum Gasteiger partial charge on any atom is -0.484 e. The maximum absolute atomic E-state index is 13.1. The summed E-state index contributed by atoms with van der Waals surface area (Å²) in [5, 5.41) is 8.89. The van der Waals surface area contributed by atoms with E-state index in [1.807, 2.05) is 42.5 Å². The number of amides is 1. The second kappa shape index (κ2) is 8.68. The van der Waals surface area contributed by atoms with Gasteiger partial charge >= 0.3 is 0 Å². The van der Waals surface area contributed by atoms with Crippen molar-refractivity contribution in [2.45, 2.75) is 25.2 Å².